The van der Waals surface area contributed by atoms with E-state index in [0.717, 1.165) is 12.0 Å². The van der Waals surface area contributed by atoms with Crippen LogP contribution in [-0.2, 0) is 11.2 Å². The fraction of sp³-hybridized carbons (Fsp3) is 0.500. The molecule has 7 nitrogen and oxygen atoms in total. The number of carbonyl (C=O) groups is 2. The second-order valence-corrected chi connectivity index (χ2v) is 10.1. The zero-order chi connectivity index (χ0) is 25.9. The van der Waals surface area contributed by atoms with E-state index in [0.29, 0.717) is 61.9 Å². The predicted octanol–water partition coefficient (Wildman–Crippen LogP) is 3.86. The van der Waals surface area contributed by atoms with Crippen LogP contribution in [-0.4, -0.2) is 67.2 Å². The van der Waals surface area contributed by atoms with Crippen molar-refractivity contribution < 1.29 is 23.5 Å². The molecule has 4 rings (SSSR count). The number of hydrogen-bond acceptors (Lipinski definition) is 5. The average Bonchev–Trinajstić information content (AvgIpc) is 3.12. The number of hydrogen-bond donors (Lipinski definition) is 1. The average molecular weight is 498 g/mol. The summed E-state index contributed by atoms with van der Waals surface area (Å²) >= 11 is 0. The number of nitrogens with zero attached hydrogens (tertiary/aromatic N) is 2. The van der Waals surface area contributed by atoms with Crippen LogP contribution in [0, 0.1) is 11.7 Å². The second-order valence-electron chi connectivity index (χ2n) is 10.1. The van der Waals surface area contributed by atoms with E-state index >= 15 is 0 Å². The highest BCUT2D eigenvalue weighted by atomic mass is 19.1. The molecule has 2 fully saturated rings. The molecule has 0 radical (unpaired) electrons. The quantitative estimate of drug-likeness (QED) is 0.600. The minimum atomic E-state index is -0.479. The predicted molar refractivity (Wildman–Crippen MR) is 136 cm³/mol. The van der Waals surface area contributed by atoms with Gasteiger partial charge in [-0.15, -0.1) is 0 Å². The number of carbonyl (C=O) groups excluding carboxylic acids is 2. The van der Waals surface area contributed by atoms with E-state index in [4.69, 9.17) is 9.47 Å². The monoisotopic (exact) mass is 497 g/mol. The molecule has 0 aliphatic carbocycles. The zero-order valence-electron chi connectivity index (χ0n) is 21.6. The van der Waals surface area contributed by atoms with Crippen LogP contribution in [0.4, 0.5) is 4.39 Å². The van der Waals surface area contributed by atoms with Gasteiger partial charge in [-0.2, -0.15) is 0 Å². The van der Waals surface area contributed by atoms with Crippen LogP contribution in [0.5, 0.6) is 11.5 Å². The van der Waals surface area contributed by atoms with Gasteiger partial charge < -0.3 is 19.3 Å². The number of halogens is 1. The first-order valence-electron chi connectivity index (χ1n) is 12.6. The highest BCUT2D eigenvalue weighted by Crippen LogP contribution is 2.35. The number of rotatable bonds is 8. The van der Waals surface area contributed by atoms with Crippen molar-refractivity contribution in [3.8, 4) is 11.5 Å². The van der Waals surface area contributed by atoms with E-state index in [1.165, 1.54) is 24.3 Å². The van der Waals surface area contributed by atoms with Crippen molar-refractivity contribution in [2.24, 2.45) is 5.92 Å². The molecule has 2 aliphatic heterocycles. The number of amides is 2. The van der Waals surface area contributed by atoms with Gasteiger partial charge in [-0.1, -0.05) is 19.9 Å². The summed E-state index contributed by atoms with van der Waals surface area (Å²) in [6, 6.07) is 11.3. The van der Waals surface area contributed by atoms with E-state index in [-0.39, 0.29) is 23.7 Å². The van der Waals surface area contributed by atoms with Crippen molar-refractivity contribution >= 4 is 11.8 Å². The van der Waals surface area contributed by atoms with Gasteiger partial charge in [0.25, 0.3) is 5.91 Å². The van der Waals surface area contributed by atoms with Crippen LogP contribution >= 0.6 is 0 Å². The molecule has 2 heterocycles. The molecular formula is C28H36FN3O4. The minimum Gasteiger partial charge on any atom is -0.493 e. The highest BCUT2D eigenvalue weighted by molar-refractivity contribution is 5.94. The first kappa shape index (κ1) is 25.9. The Morgan fingerprint density at radius 3 is 2.36 bits per heavy atom. The van der Waals surface area contributed by atoms with Gasteiger partial charge in [0.15, 0.2) is 11.5 Å². The first-order chi connectivity index (χ1) is 17.3. The van der Waals surface area contributed by atoms with Crippen LogP contribution in [0.3, 0.4) is 0 Å². The van der Waals surface area contributed by atoms with Gasteiger partial charge >= 0.3 is 0 Å². The van der Waals surface area contributed by atoms with Gasteiger partial charge in [-0.05, 0) is 60.7 Å². The van der Waals surface area contributed by atoms with E-state index in [1.54, 1.807) is 19.1 Å². The summed E-state index contributed by atoms with van der Waals surface area (Å²) in [4.78, 5) is 30.3. The third-order valence-corrected chi connectivity index (χ3v) is 7.27. The zero-order valence-corrected chi connectivity index (χ0v) is 21.6. The van der Waals surface area contributed by atoms with Crippen molar-refractivity contribution in [2.45, 2.75) is 51.2 Å². The Morgan fingerprint density at radius 2 is 1.75 bits per heavy atom. The van der Waals surface area contributed by atoms with Crippen molar-refractivity contribution in [3.05, 3.63) is 59.4 Å². The maximum atomic E-state index is 13.5. The van der Waals surface area contributed by atoms with E-state index in [9.17, 15) is 14.0 Å². The first-order valence-corrected chi connectivity index (χ1v) is 12.6. The van der Waals surface area contributed by atoms with Crippen LogP contribution in [0.1, 0.15) is 49.0 Å². The summed E-state index contributed by atoms with van der Waals surface area (Å²) in [5.74, 6) is 1.38. The van der Waals surface area contributed by atoms with E-state index in [1.807, 2.05) is 23.1 Å². The highest BCUT2D eigenvalue weighted by Gasteiger charge is 2.51. The lowest BCUT2D eigenvalue weighted by atomic mass is 9.94. The third kappa shape index (κ3) is 5.33. The third-order valence-electron chi connectivity index (χ3n) is 7.27. The number of benzene rings is 2. The lowest BCUT2D eigenvalue weighted by molar-refractivity contribution is -0.133. The Kier molecular flexibility index (Phi) is 7.83. The van der Waals surface area contributed by atoms with Crippen molar-refractivity contribution in [2.75, 3.05) is 33.9 Å². The molecule has 1 spiro atoms. The Hall–Kier alpha value is -3.13. The SMILES string of the molecule is COc1ccc(CCN2C(=O)C(CC(C)C)NC23CCN(C(=O)c2ccc(F)cc2)CC3)cc1OC. The van der Waals surface area contributed by atoms with Gasteiger partial charge in [-0.3, -0.25) is 14.9 Å². The molecule has 2 aromatic rings. The smallest absolute Gasteiger partial charge is 0.253 e. The van der Waals surface area contributed by atoms with Gasteiger partial charge in [0, 0.05) is 38.0 Å². The molecule has 194 valence electrons. The van der Waals surface area contributed by atoms with E-state index < -0.39 is 5.66 Å². The van der Waals surface area contributed by atoms with Crippen LogP contribution in [0.2, 0.25) is 0 Å². The number of methoxy groups -OCH3 is 2. The van der Waals surface area contributed by atoms with E-state index in [2.05, 4.69) is 19.2 Å². The molecule has 36 heavy (non-hydrogen) atoms. The molecule has 0 saturated carbocycles. The van der Waals surface area contributed by atoms with Gasteiger partial charge in [0.1, 0.15) is 5.82 Å². The number of likely N-dealkylation sites (tertiary alicyclic amines) is 1. The van der Waals surface area contributed by atoms with Gasteiger partial charge in [-0.25, -0.2) is 4.39 Å². The molecule has 1 atom stereocenters. The standard InChI is InChI=1S/C28H36FN3O4/c1-19(2)17-23-27(34)32(14-11-20-5-10-24(35-3)25(18-20)36-4)28(30-23)12-15-31(16-13-28)26(33)21-6-8-22(29)9-7-21/h5-10,18-19,23,30H,11-17H2,1-4H3. The molecule has 2 amide bonds. The Labute approximate surface area is 212 Å². The maximum Gasteiger partial charge on any atom is 0.253 e. The Bertz CT molecular complexity index is 1080. The molecular weight excluding hydrogens is 461 g/mol. The maximum absolute atomic E-state index is 13.5. The van der Waals surface area contributed by atoms with Gasteiger partial charge in [0.2, 0.25) is 5.91 Å². The van der Waals surface area contributed by atoms with Crippen LogP contribution in [0.25, 0.3) is 0 Å². The summed E-state index contributed by atoms with van der Waals surface area (Å²) in [7, 11) is 3.22. The lowest BCUT2D eigenvalue weighted by Gasteiger charge is -2.44. The van der Waals surface area contributed by atoms with Crippen molar-refractivity contribution in [1.29, 1.82) is 0 Å². The number of ether oxygens (including phenoxy) is 2. The summed E-state index contributed by atoms with van der Waals surface area (Å²) in [6.45, 7) is 5.87. The summed E-state index contributed by atoms with van der Waals surface area (Å²) in [5.41, 5.74) is 1.06. The Balaban J connectivity index is 1.49. The van der Waals surface area contributed by atoms with Crippen LogP contribution in [0.15, 0.2) is 42.5 Å². The summed E-state index contributed by atoms with van der Waals surface area (Å²) < 4.78 is 24.1. The molecule has 2 aliphatic rings. The molecule has 8 heteroatoms. The molecule has 0 aromatic heterocycles. The number of piperidine rings is 1. The topological polar surface area (TPSA) is 71.1 Å². The fourth-order valence-electron chi connectivity index (χ4n) is 5.36. The van der Waals surface area contributed by atoms with Gasteiger partial charge in [0.05, 0.1) is 25.9 Å². The second kappa shape index (κ2) is 10.9. The normalized spacial score (nSPS) is 19.3. The fourth-order valence-corrected chi connectivity index (χ4v) is 5.36. The molecule has 0 bridgehead atoms. The Morgan fingerprint density at radius 1 is 1.08 bits per heavy atom. The summed E-state index contributed by atoms with van der Waals surface area (Å²) in [6.07, 6.45) is 2.74. The van der Waals surface area contributed by atoms with Crippen molar-refractivity contribution in [3.63, 3.8) is 0 Å². The molecule has 1 N–H and O–H groups in total. The molecule has 2 saturated heterocycles. The molecule has 1 unspecified atom stereocenters. The minimum absolute atomic E-state index is 0.107. The number of nitrogens with one attached hydrogen (secondary N) is 1. The lowest BCUT2D eigenvalue weighted by Crippen LogP contribution is -2.60. The largest absolute Gasteiger partial charge is 0.493 e. The van der Waals surface area contributed by atoms with Crippen LogP contribution < -0.4 is 14.8 Å². The molecule has 2 aromatic carbocycles. The van der Waals surface area contributed by atoms with Crippen molar-refractivity contribution in [1.82, 2.24) is 15.1 Å². The summed E-state index contributed by atoms with van der Waals surface area (Å²) in [5, 5.41) is 3.67.